The summed E-state index contributed by atoms with van der Waals surface area (Å²) in [6.07, 6.45) is 13.6. The van der Waals surface area contributed by atoms with Crippen LogP contribution >= 0.6 is 0 Å². The second kappa shape index (κ2) is 14.9. The van der Waals surface area contributed by atoms with Crippen LogP contribution in [0.25, 0.3) is 0 Å². The molecule has 28 heavy (non-hydrogen) atoms. The van der Waals surface area contributed by atoms with Gasteiger partial charge in [0.05, 0.1) is 11.7 Å². The molecule has 1 aliphatic carbocycles. The lowest BCUT2D eigenvalue weighted by molar-refractivity contribution is -0.321. The maximum absolute atomic E-state index is 13.0. The van der Waals surface area contributed by atoms with E-state index in [1.807, 2.05) is 0 Å². The van der Waals surface area contributed by atoms with Crippen LogP contribution in [0.15, 0.2) is 11.5 Å². The van der Waals surface area contributed by atoms with E-state index in [0.717, 1.165) is 103 Å². The van der Waals surface area contributed by atoms with E-state index in [1.54, 1.807) is 0 Å². The predicted molar refractivity (Wildman–Crippen MR) is 117 cm³/mol. The number of hydrogen-bond donors (Lipinski definition) is 0. The summed E-state index contributed by atoms with van der Waals surface area (Å²) in [7, 11) is 0. The first-order valence-electron chi connectivity index (χ1n) is 12.1. The van der Waals surface area contributed by atoms with Crippen molar-refractivity contribution in [1.29, 1.82) is 0 Å². The van der Waals surface area contributed by atoms with Crippen LogP contribution in [0, 0.1) is 0 Å². The Balaban J connectivity index is 2.83. The standard InChI is InChI=1S/C24H46N2O2/c1-5-9-13-17-25(18-14-10-6-2)21-23(27)22(24(21)28)26(19-15-11-7-3)20-16-12-8-4/h21,27H,5-20H2,1-4H3/p-1. The largest absolute Gasteiger partial charge is 0.873 e. The Labute approximate surface area is 174 Å². The molecule has 1 unspecified atom stereocenters. The number of ketones is 1. The molecule has 164 valence electrons. The minimum absolute atomic E-state index is 0.0889. The minimum atomic E-state index is -0.497. The Bertz CT molecular complexity index is 442. The molecule has 0 aromatic heterocycles. The van der Waals surface area contributed by atoms with Gasteiger partial charge in [-0.05, 0) is 38.8 Å². The van der Waals surface area contributed by atoms with Crippen molar-refractivity contribution in [2.45, 2.75) is 111 Å². The molecule has 1 atom stereocenters. The second-order valence-corrected chi connectivity index (χ2v) is 8.33. The van der Waals surface area contributed by atoms with Crippen molar-refractivity contribution in [1.82, 2.24) is 9.80 Å². The Morgan fingerprint density at radius 2 is 1.07 bits per heavy atom. The van der Waals surface area contributed by atoms with Gasteiger partial charge in [-0.25, -0.2) is 0 Å². The fourth-order valence-electron chi connectivity index (χ4n) is 4.01. The fourth-order valence-corrected chi connectivity index (χ4v) is 4.01. The quantitative estimate of drug-likeness (QED) is 0.312. The molecule has 1 rings (SSSR count). The maximum Gasteiger partial charge on any atom is 0.198 e. The Morgan fingerprint density at radius 3 is 1.43 bits per heavy atom. The average Bonchev–Trinajstić information content (AvgIpc) is 2.68. The molecule has 0 amide bonds. The summed E-state index contributed by atoms with van der Waals surface area (Å²) in [6, 6.07) is -0.497. The highest BCUT2D eigenvalue weighted by Gasteiger charge is 2.39. The van der Waals surface area contributed by atoms with E-state index < -0.39 is 6.04 Å². The fraction of sp³-hybridized carbons (Fsp3) is 0.875. The van der Waals surface area contributed by atoms with Gasteiger partial charge in [-0.15, -0.1) is 0 Å². The molecule has 1 aliphatic rings. The van der Waals surface area contributed by atoms with E-state index in [9.17, 15) is 9.90 Å². The second-order valence-electron chi connectivity index (χ2n) is 8.33. The van der Waals surface area contributed by atoms with Gasteiger partial charge in [0.1, 0.15) is 0 Å². The number of hydrogen-bond acceptors (Lipinski definition) is 4. The summed E-state index contributed by atoms with van der Waals surface area (Å²) in [4.78, 5) is 17.3. The predicted octanol–water partition coefficient (Wildman–Crippen LogP) is 4.87. The van der Waals surface area contributed by atoms with Crippen LogP contribution in [-0.2, 0) is 4.79 Å². The number of nitrogens with zero attached hydrogens (tertiary/aromatic N) is 2. The summed E-state index contributed by atoms with van der Waals surface area (Å²) >= 11 is 0. The monoisotopic (exact) mass is 393 g/mol. The topological polar surface area (TPSA) is 46.6 Å². The highest BCUT2D eigenvalue weighted by molar-refractivity contribution is 6.08. The van der Waals surface area contributed by atoms with Crippen molar-refractivity contribution in [2.24, 2.45) is 0 Å². The van der Waals surface area contributed by atoms with E-state index in [2.05, 4.69) is 37.5 Å². The zero-order chi connectivity index (χ0) is 20.8. The van der Waals surface area contributed by atoms with Gasteiger partial charge in [0.2, 0.25) is 0 Å². The normalized spacial score (nSPS) is 16.8. The van der Waals surface area contributed by atoms with E-state index in [0.29, 0.717) is 5.70 Å². The van der Waals surface area contributed by atoms with Gasteiger partial charge in [-0.2, -0.15) is 0 Å². The molecule has 0 bridgehead atoms. The van der Waals surface area contributed by atoms with Crippen LogP contribution in [0.4, 0.5) is 0 Å². The van der Waals surface area contributed by atoms with Crippen molar-refractivity contribution in [3.05, 3.63) is 11.5 Å². The van der Waals surface area contributed by atoms with Crippen molar-refractivity contribution < 1.29 is 9.90 Å². The van der Waals surface area contributed by atoms with E-state index in [4.69, 9.17) is 0 Å². The minimum Gasteiger partial charge on any atom is -0.873 e. The van der Waals surface area contributed by atoms with Crippen LogP contribution in [0.5, 0.6) is 0 Å². The summed E-state index contributed by atoms with van der Waals surface area (Å²) < 4.78 is 0. The van der Waals surface area contributed by atoms with Crippen molar-refractivity contribution in [3.63, 3.8) is 0 Å². The van der Waals surface area contributed by atoms with E-state index >= 15 is 0 Å². The lowest BCUT2D eigenvalue weighted by Gasteiger charge is -2.47. The third-order valence-corrected chi connectivity index (χ3v) is 5.81. The first kappa shape index (κ1) is 25.0. The van der Waals surface area contributed by atoms with Gasteiger partial charge in [-0.1, -0.05) is 84.8 Å². The van der Waals surface area contributed by atoms with Crippen LogP contribution in [0.3, 0.4) is 0 Å². The Morgan fingerprint density at radius 1 is 0.679 bits per heavy atom. The maximum atomic E-state index is 13.0. The number of rotatable bonds is 18. The lowest BCUT2D eigenvalue weighted by atomic mass is 9.90. The molecular weight excluding hydrogens is 348 g/mol. The highest BCUT2D eigenvalue weighted by atomic mass is 16.3. The van der Waals surface area contributed by atoms with Gasteiger partial charge in [-0.3, -0.25) is 9.69 Å². The Hall–Kier alpha value is -1.03. The summed E-state index contributed by atoms with van der Waals surface area (Å²) in [5, 5.41) is 13.0. The first-order valence-corrected chi connectivity index (χ1v) is 12.1. The zero-order valence-corrected chi connectivity index (χ0v) is 19.1. The summed E-state index contributed by atoms with van der Waals surface area (Å²) in [5.74, 6) is 0.178. The van der Waals surface area contributed by atoms with E-state index in [-0.39, 0.29) is 11.5 Å². The molecule has 4 heteroatoms. The van der Waals surface area contributed by atoms with Gasteiger partial charge in [0.15, 0.2) is 5.78 Å². The molecule has 0 spiro atoms. The molecule has 0 aliphatic heterocycles. The molecule has 0 fully saturated rings. The number of carbonyl (C=O) groups excluding carboxylic acids is 1. The van der Waals surface area contributed by atoms with Crippen molar-refractivity contribution in [2.75, 3.05) is 26.2 Å². The van der Waals surface area contributed by atoms with Gasteiger partial charge in [0, 0.05) is 13.1 Å². The number of Topliss-reactive ketones (excluding diaryl/α,β-unsaturated/α-hetero) is 1. The Kier molecular flexibility index (Phi) is 13.3. The van der Waals surface area contributed by atoms with Crippen molar-refractivity contribution >= 4 is 5.78 Å². The van der Waals surface area contributed by atoms with Crippen LogP contribution in [0.1, 0.15) is 105 Å². The molecule has 0 heterocycles. The molecule has 0 N–H and O–H groups in total. The van der Waals surface area contributed by atoms with Gasteiger partial charge in [0.25, 0.3) is 0 Å². The van der Waals surface area contributed by atoms with E-state index in [1.165, 1.54) is 0 Å². The summed E-state index contributed by atoms with van der Waals surface area (Å²) in [6.45, 7) is 12.2. The van der Waals surface area contributed by atoms with Gasteiger partial charge >= 0.3 is 0 Å². The lowest BCUT2D eigenvalue weighted by Crippen LogP contribution is -2.57. The highest BCUT2D eigenvalue weighted by Crippen LogP contribution is 2.30. The molecule has 0 saturated carbocycles. The average molecular weight is 394 g/mol. The first-order chi connectivity index (χ1) is 13.6. The van der Waals surface area contributed by atoms with Crippen LogP contribution in [0.2, 0.25) is 0 Å². The third kappa shape index (κ3) is 7.77. The van der Waals surface area contributed by atoms with Crippen molar-refractivity contribution in [3.8, 4) is 0 Å². The van der Waals surface area contributed by atoms with Crippen LogP contribution in [-0.4, -0.2) is 47.8 Å². The molecule has 0 radical (unpaired) electrons. The van der Waals surface area contributed by atoms with Gasteiger partial charge < -0.3 is 10.0 Å². The molecule has 0 aromatic rings. The van der Waals surface area contributed by atoms with Crippen LogP contribution < -0.4 is 5.11 Å². The third-order valence-electron chi connectivity index (χ3n) is 5.81. The number of carbonyl (C=O) groups is 1. The molecular formula is C24H45N2O2-. The SMILES string of the molecule is CCCCCN(CCCCC)C1=C([O-])C(N(CCCCC)CCCCC)C1=O. The molecule has 0 aromatic carbocycles. The molecule has 0 saturated heterocycles. The molecule has 4 nitrogen and oxygen atoms in total. The number of unbranched alkanes of at least 4 members (excludes halogenated alkanes) is 8. The summed E-state index contributed by atoms with van der Waals surface area (Å²) in [5.41, 5.74) is 0.508. The zero-order valence-electron chi connectivity index (χ0n) is 19.1. The smallest absolute Gasteiger partial charge is 0.198 e.